The van der Waals surface area contributed by atoms with Crippen LogP contribution in [0.15, 0.2) is 54.6 Å². The lowest BCUT2D eigenvalue weighted by Gasteiger charge is -2.10. The molecular weight excluding hydrogens is 252 g/mol. The molecule has 2 aromatic carbocycles. The first kappa shape index (κ1) is 13.8. The SMILES string of the molecule is CC(=O)c1ccccc1NC(=O)NCc1ccccc1. The summed E-state index contributed by atoms with van der Waals surface area (Å²) in [6, 6.07) is 16.2. The van der Waals surface area contributed by atoms with Crippen LogP contribution >= 0.6 is 0 Å². The molecule has 0 spiro atoms. The van der Waals surface area contributed by atoms with Gasteiger partial charge in [0.05, 0.1) is 5.69 Å². The molecule has 0 aromatic heterocycles. The maximum Gasteiger partial charge on any atom is 0.319 e. The van der Waals surface area contributed by atoms with E-state index in [9.17, 15) is 9.59 Å². The molecule has 0 fully saturated rings. The second-order valence-electron chi connectivity index (χ2n) is 4.40. The summed E-state index contributed by atoms with van der Waals surface area (Å²) in [4.78, 5) is 23.3. The van der Waals surface area contributed by atoms with E-state index in [0.29, 0.717) is 17.8 Å². The van der Waals surface area contributed by atoms with E-state index in [2.05, 4.69) is 10.6 Å². The van der Waals surface area contributed by atoms with Crippen molar-refractivity contribution >= 4 is 17.5 Å². The fourth-order valence-corrected chi connectivity index (χ4v) is 1.84. The van der Waals surface area contributed by atoms with Crippen LogP contribution in [0.4, 0.5) is 10.5 Å². The summed E-state index contributed by atoms with van der Waals surface area (Å²) in [5, 5.41) is 5.44. The van der Waals surface area contributed by atoms with E-state index in [1.807, 2.05) is 30.3 Å². The second kappa shape index (κ2) is 6.52. The molecule has 0 aliphatic heterocycles. The summed E-state index contributed by atoms with van der Waals surface area (Å²) < 4.78 is 0. The van der Waals surface area contributed by atoms with Crippen LogP contribution in [-0.4, -0.2) is 11.8 Å². The highest BCUT2D eigenvalue weighted by atomic mass is 16.2. The van der Waals surface area contributed by atoms with Crippen molar-refractivity contribution < 1.29 is 9.59 Å². The fourth-order valence-electron chi connectivity index (χ4n) is 1.84. The van der Waals surface area contributed by atoms with Crippen molar-refractivity contribution in [1.82, 2.24) is 5.32 Å². The molecule has 2 N–H and O–H groups in total. The molecule has 0 unspecified atom stereocenters. The van der Waals surface area contributed by atoms with Gasteiger partial charge in [-0.3, -0.25) is 4.79 Å². The van der Waals surface area contributed by atoms with Gasteiger partial charge in [-0.15, -0.1) is 0 Å². The first-order valence-electron chi connectivity index (χ1n) is 6.35. The number of Topliss-reactive ketones (excluding diaryl/α,β-unsaturated/α-hetero) is 1. The summed E-state index contributed by atoms with van der Waals surface area (Å²) in [6.45, 7) is 1.91. The van der Waals surface area contributed by atoms with Crippen molar-refractivity contribution in [3.63, 3.8) is 0 Å². The molecule has 0 saturated carbocycles. The number of carbonyl (C=O) groups is 2. The summed E-state index contributed by atoms with van der Waals surface area (Å²) in [7, 11) is 0. The third-order valence-corrected chi connectivity index (χ3v) is 2.85. The number of hydrogen-bond donors (Lipinski definition) is 2. The van der Waals surface area contributed by atoms with E-state index in [1.54, 1.807) is 24.3 Å². The standard InChI is InChI=1S/C16H16N2O2/c1-12(19)14-9-5-6-10-15(14)18-16(20)17-11-13-7-3-2-4-8-13/h2-10H,11H2,1H3,(H2,17,18,20). The van der Waals surface area contributed by atoms with Gasteiger partial charge in [0, 0.05) is 12.1 Å². The Morgan fingerprint density at radius 2 is 1.60 bits per heavy atom. The molecule has 2 amide bonds. The number of anilines is 1. The summed E-state index contributed by atoms with van der Waals surface area (Å²) in [5.41, 5.74) is 2.04. The third-order valence-electron chi connectivity index (χ3n) is 2.85. The number of nitrogens with one attached hydrogen (secondary N) is 2. The van der Waals surface area contributed by atoms with Gasteiger partial charge in [0.1, 0.15) is 0 Å². The molecule has 102 valence electrons. The average molecular weight is 268 g/mol. The van der Waals surface area contributed by atoms with E-state index < -0.39 is 0 Å². The maximum absolute atomic E-state index is 11.8. The second-order valence-corrected chi connectivity index (χ2v) is 4.40. The molecule has 20 heavy (non-hydrogen) atoms. The molecule has 0 aliphatic rings. The first-order valence-corrected chi connectivity index (χ1v) is 6.35. The van der Waals surface area contributed by atoms with E-state index >= 15 is 0 Å². The van der Waals surface area contributed by atoms with E-state index in [0.717, 1.165) is 5.56 Å². The molecule has 2 aromatic rings. The van der Waals surface area contributed by atoms with Crippen LogP contribution in [0.2, 0.25) is 0 Å². The number of urea groups is 1. The van der Waals surface area contributed by atoms with Crippen LogP contribution in [0, 0.1) is 0 Å². The average Bonchev–Trinajstić information content (AvgIpc) is 2.46. The quantitative estimate of drug-likeness (QED) is 0.836. The van der Waals surface area contributed by atoms with Crippen LogP contribution in [0.25, 0.3) is 0 Å². The van der Waals surface area contributed by atoms with Crippen molar-refractivity contribution in [1.29, 1.82) is 0 Å². The van der Waals surface area contributed by atoms with Crippen molar-refractivity contribution in [3.05, 3.63) is 65.7 Å². The van der Waals surface area contributed by atoms with Gasteiger partial charge in [0.15, 0.2) is 5.78 Å². The van der Waals surface area contributed by atoms with Gasteiger partial charge in [-0.1, -0.05) is 42.5 Å². The zero-order valence-electron chi connectivity index (χ0n) is 11.2. The number of amides is 2. The smallest absolute Gasteiger partial charge is 0.319 e. The predicted molar refractivity (Wildman–Crippen MR) is 78.7 cm³/mol. The summed E-state index contributed by atoms with van der Waals surface area (Å²) >= 11 is 0. The van der Waals surface area contributed by atoms with Gasteiger partial charge < -0.3 is 10.6 Å². The Hall–Kier alpha value is -2.62. The Labute approximate surface area is 117 Å². The maximum atomic E-state index is 11.8. The minimum Gasteiger partial charge on any atom is -0.334 e. The lowest BCUT2D eigenvalue weighted by molar-refractivity contribution is 0.101. The normalized spacial score (nSPS) is 9.85. The third kappa shape index (κ3) is 3.68. The van der Waals surface area contributed by atoms with Crippen LogP contribution in [0.1, 0.15) is 22.8 Å². The lowest BCUT2D eigenvalue weighted by Crippen LogP contribution is -2.28. The zero-order chi connectivity index (χ0) is 14.4. The van der Waals surface area contributed by atoms with Gasteiger partial charge in [-0.05, 0) is 24.6 Å². The molecule has 0 heterocycles. The highest BCUT2D eigenvalue weighted by Gasteiger charge is 2.08. The molecule has 4 heteroatoms. The number of carbonyl (C=O) groups excluding carboxylic acids is 2. The topological polar surface area (TPSA) is 58.2 Å². The number of para-hydroxylation sites is 1. The van der Waals surface area contributed by atoms with Gasteiger partial charge in [0.25, 0.3) is 0 Å². The van der Waals surface area contributed by atoms with Crippen LogP contribution in [0.3, 0.4) is 0 Å². The molecule has 0 radical (unpaired) electrons. The minimum absolute atomic E-state index is 0.0797. The summed E-state index contributed by atoms with van der Waals surface area (Å²) in [6.07, 6.45) is 0. The van der Waals surface area contributed by atoms with Gasteiger partial charge >= 0.3 is 6.03 Å². The molecule has 0 atom stereocenters. The van der Waals surface area contributed by atoms with Gasteiger partial charge in [0.2, 0.25) is 0 Å². The van der Waals surface area contributed by atoms with Crippen molar-refractivity contribution in [3.8, 4) is 0 Å². The van der Waals surface area contributed by atoms with Crippen LogP contribution < -0.4 is 10.6 Å². The Morgan fingerprint density at radius 3 is 2.30 bits per heavy atom. The number of rotatable bonds is 4. The van der Waals surface area contributed by atoms with Gasteiger partial charge in [-0.25, -0.2) is 4.79 Å². The molecule has 0 saturated heterocycles. The molecule has 0 aliphatic carbocycles. The van der Waals surface area contributed by atoms with E-state index in [-0.39, 0.29) is 11.8 Å². The van der Waals surface area contributed by atoms with Crippen LogP contribution in [-0.2, 0) is 6.54 Å². The minimum atomic E-state index is -0.331. The van der Waals surface area contributed by atoms with E-state index in [1.165, 1.54) is 6.92 Å². The Morgan fingerprint density at radius 1 is 0.950 bits per heavy atom. The summed E-state index contributed by atoms with van der Waals surface area (Å²) in [5.74, 6) is -0.0797. The Bertz CT molecular complexity index is 609. The predicted octanol–water partition coefficient (Wildman–Crippen LogP) is 3.21. The molecular formula is C16H16N2O2. The van der Waals surface area contributed by atoms with Crippen LogP contribution in [0.5, 0.6) is 0 Å². The highest BCUT2D eigenvalue weighted by Crippen LogP contribution is 2.15. The fraction of sp³-hybridized carbons (Fsp3) is 0.125. The zero-order valence-corrected chi connectivity index (χ0v) is 11.2. The molecule has 0 bridgehead atoms. The van der Waals surface area contributed by atoms with Crippen molar-refractivity contribution in [2.45, 2.75) is 13.5 Å². The lowest BCUT2D eigenvalue weighted by atomic mass is 10.1. The van der Waals surface area contributed by atoms with Crippen molar-refractivity contribution in [2.75, 3.05) is 5.32 Å². The Kier molecular flexibility index (Phi) is 4.50. The number of ketones is 1. The van der Waals surface area contributed by atoms with Gasteiger partial charge in [-0.2, -0.15) is 0 Å². The Balaban J connectivity index is 1.97. The number of benzene rings is 2. The first-order chi connectivity index (χ1) is 9.66. The monoisotopic (exact) mass is 268 g/mol. The molecule has 4 nitrogen and oxygen atoms in total. The van der Waals surface area contributed by atoms with Crippen molar-refractivity contribution in [2.24, 2.45) is 0 Å². The molecule has 2 rings (SSSR count). The highest BCUT2D eigenvalue weighted by molar-refractivity contribution is 6.03. The van der Waals surface area contributed by atoms with E-state index in [4.69, 9.17) is 0 Å². The largest absolute Gasteiger partial charge is 0.334 e. The number of hydrogen-bond acceptors (Lipinski definition) is 2.